The molecule has 0 N–H and O–H groups in total. The molecule has 0 radical (unpaired) electrons. The maximum atomic E-state index is 7.51. The average molecular weight is 639 g/mol. The van der Waals surface area contributed by atoms with Gasteiger partial charge in [-0.25, -0.2) is 0 Å². The summed E-state index contributed by atoms with van der Waals surface area (Å²) in [6.07, 6.45) is 0. The molecular weight excluding hydrogens is 600 g/mol. The second-order valence-electron chi connectivity index (χ2n) is 11.1. The molecule has 0 aliphatic heterocycles. The third-order valence-corrected chi connectivity index (χ3v) is 8.51. The molecule has 0 amide bonds. The number of benzene rings is 6. The van der Waals surface area contributed by atoms with E-state index in [4.69, 9.17) is 28.4 Å². The van der Waals surface area contributed by atoms with Gasteiger partial charge >= 0.3 is 0 Å². The molecule has 6 aromatic carbocycles. The molecular formula is C42H38O6. The summed E-state index contributed by atoms with van der Waals surface area (Å²) < 4.78 is 37.5. The van der Waals surface area contributed by atoms with Crippen LogP contribution in [0.3, 0.4) is 0 Å². The van der Waals surface area contributed by atoms with Crippen molar-refractivity contribution in [1.82, 2.24) is 0 Å². The largest absolute Gasteiger partial charge is 0.497 e. The third-order valence-electron chi connectivity index (χ3n) is 8.51. The van der Waals surface area contributed by atoms with Crippen LogP contribution < -0.4 is 28.4 Å². The highest BCUT2D eigenvalue weighted by Gasteiger charge is 2.61. The minimum absolute atomic E-state index is 0.646. The Balaban J connectivity index is 1.82. The van der Waals surface area contributed by atoms with Gasteiger partial charge in [-0.05, 0) is 72.8 Å². The lowest BCUT2D eigenvalue weighted by Gasteiger charge is -2.51. The van der Waals surface area contributed by atoms with E-state index >= 15 is 0 Å². The highest BCUT2D eigenvalue weighted by molar-refractivity contribution is 5.56. The first kappa shape index (κ1) is 32.1. The topological polar surface area (TPSA) is 55.4 Å². The number of para-hydroxylation sites is 2. The molecule has 0 aliphatic carbocycles. The van der Waals surface area contributed by atoms with Crippen LogP contribution >= 0.6 is 0 Å². The molecule has 6 rings (SSSR count). The van der Waals surface area contributed by atoms with Gasteiger partial charge in [0.15, 0.2) is 0 Å². The number of hydrogen-bond donors (Lipinski definition) is 0. The summed E-state index contributed by atoms with van der Waals surface area (Å²) in [5.41, 5.74) is 0.511. The van der Waals surface area contributed by atoms with E-state index in [9.17, 15) is 0 Å². The predicted molar refractivity (Wildman–Crippen MR) is 188 cm³/mol. The van der Waals surface area contributed by atoms with Crippen molar-refractivity contribution >= 4 is 0 Å². The zero-order valence-electron chi connectivity index (χ0n) is 27.5. The van der Waals surface area contributed by atoms with Crippen LogP contribution in [0.5, 0.6) is 34.5 Å². The molecule has 0 saturated carbocycles. The Morgan fingerprint density at radius 3 is 0.708 bits per heavy atom. The Morgan fingerprint density at radius 1 is 0.271 bits per heavy atom. The molecule has 6 aromatic rings. The zero-order valence-corrected chi connectivity index (χ0v) is 27.5. The summed E-state index contributed by atoms with van der Waals surface area (Å²) in [6.45, 7) is 0. The standard InChI is InChI=1S/C42H38O6/c1-43-35-23-15-31(16-24-35)41(47-39-11-7-5-8-12-39,32-17-25-36(44-2)26-18-32)42(48-40-13-9-6-10-14-40,33-19-27-37(45-3)28-20-33)34-21-29-38(46-4)30-22-34/h5-30H,1-4H3. The predicted octanol–water partition coefficient (Wildman–Crippen LogP) is 9.07. The molecule has 242 valence electrons. The number of hydrogen-bond acceptors (Lipinski definition) is 6. The van der Waals surface area contributed by atoms with E-state index in [0.717, 1.165) is 22.3 Å². The third kappa shape index (κ3) is 6.00. The van der Waals surface area contributed by atoms with Crippen LogP contribution in [0.25, 0.3) is 0 Å². The Labute approximate surface area is 282 Å². The summed E-state index contributed by atoms with van der Waals surface area (Å²) in [5, 5.41) is 0. The van der Waals surface area contributed by atoms with Gasteiger partial charge in [-0.15, -0.1) is 0 Å². The van der Waals surface area contributed by atoms with E-state index < -0.39 is 11.2 Å². The highest BCUT2D eigenvalue weighted by Crippen LogP contribution is 2.55. The van der Waals surface area contributed by atoms with Gasteiger partial charge in [0.05, 0.1) is 28.4 Å². The van der Waals surface area contributed by atoms with Crippen molar-refractivity contribution in [2.24, 2.45) is 0 Å². The number of methoxy groups -OCH3 is 4. The van der Waals surface area contributed by atoms with Gasteiger partial charge in [-0.3, -0.25) is 0 Å². The van der Waals surface area contributed by atoms with Crippen LogP contribution in [0.1, 0.15) is 22.3 Å². The van der Waals surface area contributed by atoms with E-state index in [1.807, 2.05) is 158 Å². The van der Waals surface area contributed by atoms with E-state index in [1.165, 1.54) is 0 Å². The summed E-state index contributed by atoms with van der Waals surface area (Å²) in [5.74, 6) is 4.15. The lowest BCUT2D eigenvalue weighted by atomic mass is 9.65. The Morgan fingerprint density at radius 2 is 0.500 bits per heavy atom. The maximum absolute atomic E-state index is 7.51. The van der Waals surface area contributed by atoms with Gasteiger partial charge in [-0.2, -0.15) is 0 Å². The molecule has 6 nitrogen and oxygen atoms in total. The second kappa shape index (κ2) is 14.3. The van der Waals surface area contributed by atoms with Gasteiger partial charge in [-0.1, -0.05) is 84.9 Å². The van der Waals surface area contributed by atoms with E-state index in [0.29, 0.717) is 34.5 Å². The van der Waals surface area contributed by atoms with Crippen molar-refractivity contribution in [3.63, 3.8) is 0 Å². The zero-order chi connectivity index (χ0) is 33.4. The van der Waals surface area contributed by atoms with Crippen LogP contribution in [0, 0.1) is 0 Å². The quantitative estimate of drug-likeness (QED) is 0.126. The van der Waals surface area contributed by atoms with Gasteiger partial charge in [0, 0.05) is 22.3 Å². The van der Waals surface area contributed by atoms with Crippen molar-refractivity contribution < 1.29 is 28.4 Å². The van der Waals surface area contributed by atoms with Gasteiger partial charge in [0.2, 0.25) is 11.2 Å². The van der Waals surface area contributed by atoms with Crippen molar-refractivity contribution in [3.05, 3.63) is 180 Å². The summed E-state index contributed by atoms with van der Waals surface area (Å²) in [6, 6.07) is 51.4. The van der Waals surface area contributed by atoms with Gasteiger partial charge < -0.3 is 28.4 Å². The van der Waals surface area contributed by atoms with Gasteiger partial charge in [0.1, 0.15) is 34.5 Å². The summed E-state index contributed by atoms with van der Waals surface area (Å²) in [7, 11) is 6.63. The van der Waals surface area contributed by atoms with Crippen LogP contribution in [0.4, 0.5) is 0 Å². The van der Waals surface area contributed by atoms with Crippen molar-refractivity contribution in [2.75, 3.05) is 28.4 Å². The molecule has 0 fully saturated rings. The average Bonchev–Trinajstić information content (AvgIpc) is 3.17. The first-order chi connectivity index (χ1) is 23.6. The molecule has 0 aliphatic rings. The lowest BCUT2D eigenvalue weighted by molar-refractivity contribution is -0.0776. The Kier molecular flexibility index (Phi) is 9.53. The normalized spacial score (nSPS) is 11.3. The molecule has 6 heteroatoms. The second-order valence-corrected chi connectivity index (χ2v) is 11.1. The molecule has 0 heterocycles. The molecule has 48 heavy (non-hydrogen) atoms. The Bertz CT molecular complexity index is 1630. The monoisotopic (exact) mass is 638 g/mol. The minimum Gasteiger partial charge on any atom is -0.497 e. The van der Waals surface area contributed by atoms with E-state index in [-0.39, 0.29) is 0 Å². The highest BCUT2D eigenvalue weighted by atomic mass is 16.6. The summed E-state index contributed by atoms with van der Waals surface area (Å²) in [4.78, 5) is 0. The number of ether oxygens (including phenoxy) is 6. The summed E-state index contributed by atoms with van der Waals surface area (Å²) >= 11 is 0. The van der Waals surface area contributed by atoms with Gasteiger partial charge in [0.25, 0.3) is 0 Å². The van der Waals surface area contributed by atoms with Crippen LogP contribution in [-0.2, 0) is 11.2 Å². The SMILES string of the molecule is COc1ccc(C(Oc2ccccc2)(c2ccc(OC)cc2)C(Oc2ccccc2)(c2ccc(OC)cc2)c2ccc(OC)cc2)cc1. The molecule has 0 saturated heterocycles. The fraction of sp³-hybridized carbons (Fsp3) is 0.143. The van der Waals surface area contributed by atoms with E-state index in [1.54, 1.807) is 28.4 Å². The molecule has 0 unspecified atom stereocenters. The minimum atomic E-state index is -1.38. The number of rotatable bonds is 13. The molecule has 0 aromatic heterocycles. The Hall–Kier alpha value is -5.88. The van der Waals surface area contributed by atoms with E-state index in [2.05, 4.69) is 0 Å². The first-order valence-electron chi connectivity index (χ1n) is 15.6. The molecule has 0 bridgehead atoms. The lowest BCUT2D eigenvalue weighted by Crippen LogP contribution is -2.58. The molecule has 0 atom stereocenters. The first-order valence-corrected chi connectivity index (χ1v) is 15.6. The van der Waals surface area contributed by atoms with Crippen LogP contribution in [0.15, 0.2) is 158 Å². The van der Waals surface area contributed by atoms with Crippen LogP contribution in [0.2, 0.25) is 0 Å². The van der Waals surface area contributed by atoms with Crippen molar-refractivity contribution in [2.45, 2.75) is 11.2 Å². The molecule has 0 spiro atoms. The van der Waals surface area contributed by atoms with Crippen molar-refractivity contribution in [3.8, 4) is 34.5 Å². The smallest absolute Gasteiger partial charge is 0.207 e. The fourth-order valence-electron chi connectivity index (χ4n) is 6.16. The maximum Gasteiger partial charge on any atom is 0.207 e. The fourth-order valence-corrected chi connectivity index (χ4v) is 6.16. The van der Waals surface area contributed by atoms with Crippen molar-refractivity contribution in [1.29, 1.82) is 0 Å². The van der Waals surface area contributed by atoms with Crippen LogP contribution in [-0.4, -0.2) is 28.4 Å².